The van der Waals surface area contributed by atoms with E-state index in [2.05, 4.69) is 20.7 Å². The molecule has 0 unspecified atom stereocenters. The summed E-state index contributed by atoms with van der Waals surface area (Å²) >= 11 is 0. The minimum absolute atomic E-state index is 0.00684. The van der Waals surface area contributed by atoms with Crippen molar-refractivity contribution in [1.29, 1.82) is 0 Å². The van der Waals surface area contributed by atoms with Crippen LogP contribution in [-0.4, -0.2) is 54.1 Å². The molecule has 12 heteroatoms. The molecule has 0 saturated carbocycles. The lowest BCUT2D eigenvalue weighted by Crippen LogP contribution is -2.30. The number of halogens is 2. The second-order valence-corrected chi connectivity index (χ2v) is 11.2. The summed E-state index contributed by atoms with van der Waals surface area (Å²) in [5.41, 5.74) is 2.00. The Morgan fingerprint density at radius 2 is 1.81 bits per heavy atom. The van der Waals surface area contributed by atoms with Gasteiger partial charge in [0.15, 0.2) is 34.5 Å². The van der Waals surface area contributed by atoms with Crippen molar-refractivity contribution < 1.29 is 32.5 Å². The number of carbonyl (C=O) groups excluding carboxylic acids is 1. The van der Waals surface area contributed by atoms with Crippen LogP contribution < -0.4 is 29.6 Å². The molecule has 3 aromatic carbocycles. The fourth-order valence-electron chi connectivity index (χ4n) is 5.49. The van der Waals surface area contributed by atoms with Gasteiger partial charge in [0, 0.05) is 29.4 Å². The van der Waals surface area contributed by atoms with Gasteiger partial charge in [-0.05, 0) is 93.7 Å². The first-order valence-corrected chi connectivity index (χ1v) is 15.4. The molecule has 1 aliphatic heterocycles. The lowest BCUT2D eigenvalue weighted by atomic mass is 9.99. The number of piperidine rings is 1. The van der Waals surface area contributed by atoms with Crippen molar-refractivity contribution in [3.05, 3.63) is 89.9 Å². The Balaban J connectivity index is 1.19. The number of hydrogen-bond donors (Lipinski definition) is 2. The molecule has 0 radical (unpaired) electrons. The minimum Gasteiger partial charge on any atom is -0.493 e. The summed E-state index contributed by atoms with van der Waals surface area (Å²) in [6.07, 6.45) is 5.23. The van der Waals surface area contributed by atoms with Crippen molar-refractivity contribution in [2.45, 2.75) is 26.7 Å². The third-order valence-corrected chi connectivity index (χ3v) is 7.93. The summed E-state index contributed by atoms with van der Waals surface area (Å²) in [4.78, 5) is 17.7. The molecule has 5 aromatic rings. The number of pyridine rings is 1. The molecule has 1 amide bonds. The molecule has 0 aliphatic carbocycles. The van der Waals surface area contributed by atoms with Crippen LogP contribution in [0.4, 0.5) is 14.5 Å². The van der Waals surface area contributed by atoms with Gasteiger partial charge in [0.1, 0.15) is 11.6 Å². The molecular weight excluding hydrogens is 608 g/mol. The highest BCUT2D eigenvalue weighted by Gasteiger charge is 2.21. The second-order valence-electron chi connectivity index (χ2n) is 11.2. The van der Waals surface area contributed by atoms with Crippen molar-refractivity contribution in [2.24, 2.45) is 5.92 Å². The highest BCUT2D eigenvalue weighted by Crippen LogP contribution is 2.38. The number of fused-ring (bicyclic) bond motifs is 1. The average molecular weight is 644 g/mol. The van der Waals surface area contributed by atoms with Crippen LogP contribution in [0.2, 0.25) is 0 Å². The number of aryl methyl sites for hydroxylation is 1. The van der Waals surface area contributed by atoms with E-state index in [0.29, 0.717) is 51.9 Å². The highest BCUT2D eigenvalue weighted by atomic mass is 19.1. The van der Waals surface area contributed by atoms with Crippen molar-refractivity contribution in [2.75, 3.05) is 38.7 Å². The van der Waals surface area contributed by atoms with Gasteiger partial charge in [0.05, 0.1) is 37.7 Å². The minimum atomic E-state index is -0.695. The summed E-state index contributed by atoms with van der Waals surface area (Å²) in [5, 5.41) is 11.0. The maximum atomic E-state index is 15.4. The van der Waals surface area contributed by atoms with Crippen LogP contribution in [0.5, 0.6) is 28.7 Å². The third-order valence-electron chi connectivity index (χ3n) is 7.93. The summed E-state index contributed by atoms with van der Waals surface area (Å²) in [6, 6.07) is 13.6. The van der Waals surface area contributed by atoms with Gasteiger partial charge in [-0.1, -0.05) is 0 Å². The normalized spacial score (nSPS) is 13.4. The van der Waals surface area contributed by atoms with Crippen LogP contribution in [0, 0.1) is 24.5 Å². The Bertz CT molecular complexity index is 1910. The van der Waals surface area contributed by atoms with Gasteiger partial charge in [-0.15, -0.1) is 0 Å². The fourth-order valence-corrected chi connectivity index (χ4v) is 5.49. The van der Waals surface area contributed by atoms with Crippen LogP contribution in [0.3, 0.4) is 0 Å². The summed E-state index contributed by atoms with van der Waals surface area (Å²) in [5.74, 6) is 0.438. The highest BCUT2D eigenvalue weighted by molar-refractivity contribution is 6.04. The molecule has 3 heterocycles. The van der Waals surface area contributed by atoms with E-state index in [1.165, 1.54) is 28.9 Å². The number of carbonyl (C=O) groups is 1. The Kier molecular flexibility index (Phi) is 9.48. The number of aromatic nitrogens is 3. The molecule has 0 spiro atoms. The molecule has 0 atom stereocenters. The number of methoxy groups -OCH3 is 1. The van der Waals surface area contributed by atoms with E-state index >= 15 is 4.39 Å². The van der Waals surface area contributed by atoms with Gasteiger partial charge in [-0.2, -0.15) is 5.10 Å². The molecule has 2 N–H and O–H groups in total. The largest absolute Gasteiger partial charge is 0.493 e. The average Bonchev–Trinajstić information content (AvgIpc) is 3.49. The van der Waals surface area contributed by atoms with E-state index in [4.69, 9.17) is 18.9 Å². The molecule has 1 fully saturated rings. The maximum Gasteiger partial charge on any atom is 0.280 e. The predicted octanol–water partition coefficient (Wildman–Crippen LogP) is 6.84. The SMILES string of the molecule is CCOc1cn(-c2ccc(F)cc2C)nc1C(=O)Nc1ccc(Oc2ccnc3cc(OCC4CCNCC4)c(OC)cc23)c(F)c1. The van der Waals surface area contributed by atoms with Crippen molar-refractivity contribution >= 4 is 22.5 Å². The van der Waals surface area contributed by atoms with E-state index in [1.54, 1.807) is 57.6 Å². The fraction of sp³-hybridized carbons (Fsp3) is 0.286. The van der Waals surface area contributed by atoms with Gasteiger partial charge in [-0.3, -0.25) is 9.78 Å². The lowest BCUT2D eigenvalue weighted by molar-refractivity contribution is 0.101. The molecule has 6 rings (SSSR count). The van der Waals surface area contributed by atoms with Crippen molar-refractivity contribution in [3.63, 3.8) is 0 Å². The Morgan fingerprint density at radius 1 is 0.979 bits per heavy atom. The topological polar surface area (TPSA) is 109 Å². The molecule has 1 saturated heterocycles. The zero-order valence-corrected chi connectivity index (χ0v) is 26.3. The van der Waals surface area contributed by atoms with E-state index < -0.39 is 11.7 Å². The lowest BCUT2D eigenvalue weighted by Gasteiger charge is -2.23. The van der Waals surface area contributed by atoms with E-state index in [1.807, 2.05) is 0 Å². The van der Waals surface area contributed by atoms with E-state index in [0.717, 1.165) is 32.0 Å². The Hall–Kier alpha value is -5.23. The van der Waals surface area contributed by atoms with Gasteiger partial charge in [0.2, 0.25) is 0 Å². The maximum absolute atomic E-state index is 15.4. The number of rotatable bonds is 11. The quantitative estimate of drug-likeness (QED) is 0.161. The molecule has 0 bridgehead atoms. The van der Waals surface area contributed by atoms with Gasteiger partial charge < -0.3 is 29.6 Å². The number of nitrogens with zero attached hydrogens (tertiary/aromatic N) is 3. The van der Waals surface area contributed by atoms with Crippen LogP contribution in [0.1, 0.15) is 35.8 Å². The van der Waals surface area contributed by atoms with Crippen LogP contribution in [0.25, 0.3) is 16.6 Å². The number of ether oxygens (including phenoxy) is 4. The van der Waals surface area contributed by atoms with Gasteiger partial charge in [0.25, 0.3) is 5.91 Å². The number of anilines is 1. The van der Waals surface area contributed by atoms with Crippen molar-refractivity contribution in [1.82, 2.24) is 20.1 Å². The second kappa shape index (κ2) is 14.0. The zero-order chi connectivity index (χ0) is 32.9. The monoisotopic (exact) mass is 643 g/mol. The molecule has 10 nitrogen and oxygen atoms in total. The molecule has 244 valence electrons. The molecule has 1 aliphatic rings. The molecule has 47 heavy (non-hydrogen) atoms. The van der Waals surface area contributed by atoms with Crippen LogP contribution in [-0.2, 0) is 0 Å². The van der Waals surface area contributed by atoms with E-state index in [-0.39, 0.29) is 35.3 Å². The van der Waals surface area contributed by atoms with Crippen LogP contribution in [0.15, 0.2) is 67.0 Å². The molecule has 2 aromatic heterocycles. The zero-order valence-electron chi connectivity index (χ0n) is 26.3. The summed E-state index contributed by atoms with van der Waals surface area (Å²) in [6.45, 7) is 6.34. The number of benzene rings is 3. The predicted molar refractivity (Wildman–Crippen MR) is 173 cm³/mol. The Morgan fingerprint density at radius 3 is 2.55 bits per heavy atom. The van der Waals surface area contributed by atoms with Crippen LogP contribution >= 0.6 is 0 Å². The number of hydrogen-bond acceptors (Lipinski definition) is 8. The first-order chi connectivity index (χ1) is 22.8. The molecular formula is C35H35F2N5O5. The van der Waals surface area contributed by atoms with Gasteiger partial charge in [-0.25, -0.2) is 13.5 Å². The van der Waals surface area contributed by atoms with Crippen molar-refractivity contribution in [3.8, 4) is 34.4 Å². The number of amides is 1. The summed E-state index contributed by atoms with van der Waals surface area (Å²) in [7, 11) is 1.56. The number of nitrogens with one attached hydrogen (secondary N) is 2. The first-order valence-electron chi connectivity index (χ1n) is 15.4. The standard InChI is InChI=1S/C35H35F2N5O5/c1-4-45-33-19-42(28-7-5-23(36)15-21(28)2)41-34(33)35(43)40-24-6-8-30(26(37)16-24)47-29-11-14-39-27-18-32(31(44-3)17-25(27)29)46-20-22-9-12-38-13-10-22/h5-8,11,14-19,22,38H,4,9-10,12-13,20H2,1-3H3,(H,40,43). The van der Waals surface area contributed by atoms with Gasteiger partial charge >= 0.3 is 0 Å². The third kappa shape index (κ3) is 7.12. The summed E-state index contributed by atoms with van der Waals surface area (Å²) < 4.78 is 53.8. The Labute approximate surface area is 270 Å². The van der Waals surface area contributed by atoms with E-state index in [9.17, 15) is 9.18 Å². The first kappa shape index (κ1) is 31.7. The smallest absolute Gasteiger partial charge is 0.280 e.